The van der Waals surface area contributed by atoms with Crippen molar-refractivity contribution >= 4 is 33.4 Å². The van der Waals surface area contributed by atoms with E-state index in [9.17, 15) is 18.0 Å². The lowest BCUT2D eigenvalue weighted by Crippen LogP contribution is -2.38. The number of carbonyl (C=O) groups excluding carboxylic acids is 2. The molecule has 0 saturated carbocycles. The van der Waals surface area contributed by atoms with Crippen LogP contribution in [0, 0.1) is 0 Å². The van der Waals surface area contributed by atoms with Crippen molar-refractivity contribution in [2.75, 3.05) is 40.8 Å². The summed E-state index contributed by atoms with van der Waals surface area (Å²) in [6, 6.07) is 4.18. The zero-order valence-corrected chi connectivity index (χ0v) is 16.8. The van der Waals surface area contributed by atoms with E-state index in [1.807, 2.05) is 0 Å². The van der Waals surface area contributed by atoms with Crippen LogP contribution in [-0.4, -0.2) is 75.1 Å². The zero-order chi connectivity index (χ0) is 19.5. The van der Waals surface area contributed by atoms with Gasteiger partial charge in [-0.05, 0) is 31.0 Å². The van der Waals surface area contributed by atoms with Crippen molar-refractivity contribution < 1.29 is 18.0 Å². The summed E-state index contributed by atoms with van der Waals surface area (Å²) >= 11 is 6.12. The molecule has 0 spiro atoms. The first-order valence-electron chi connectivity index (χ1n) is 8.40. The second-order valence-electron chi connectivity index (χ2n) is 6.56. The Morgan fingerprint density at radius 2 is 1.73 bits per heavy atom. The van der Waals surface area contributed by atoms with Crippen LogP contribution in [-0.2, 0) is 14.8 Å². The van der Waals surface area contributed by atoms with Crippen LogP contribution in [0.4, 0.5) is 0 Å². The van der Waals surface area contributed by atoms with Gasteiger partial charge in [0.1, 0.15) is 4.90 Å². The van der Waals surface area contributed by atoms with E-state index in [4.69, 9.17) is 11.6 Å². The molecular weight excluding hydrogens is 378 g/mol. The molecule has 1 aromatic carbocycles. The zero-order valence-electron chi connectivity index (χ0n) is 15.2. The number of piperidine rings is 1. The van der Waals surface area contributed by atoms with E-state index in [-0.39, 0.29) is 27.9 Å². The van der Waals surface area contributed by atoms with Crippen molar-refractivity contribution in [1.82, 2.24) is 14.1 Å². The number of nitrogens with zero attached hydrogens (tertiary/aromatic N) is 3. The van der Waals surface area contributed by atoms with E-state index >= 15 is 0 Å². The molecule has 0 radical (unpaired) electrons. The van der Waals surface area contributed by atoms with E-state index in [1.165, 1.54) is 39.4 Å². The van der Waals surface area contributed by atoms with E-state index in [2.05, 4.69) is 0 Å². The first-order chi connectivity index (χ1) is 12.1. The fourth-order valence-corrected chi connectivity index (χ4v) is 4.73. The third-order valence-electron chi connectivity index (χ3n) is 4.33. The largest absolute Gasteiger partial charge is 0.347 e. The highest BCUT2D eigenvalue weighted by atomic mass is 35.5. The van der Waals surface area contributed by atoms with Crippen molar-refractivity contribution in [2.24, 2.45) is 0 Å². The summed E-state index contributed by atoms with van der Waals surface area (Å²) in [6.45, 7) is 0.810. The summed E-state index contributed by atoms with van der Waals surface area (Å²) in [5.41, 5.74) is 0.180. The van der Waals surface area contributed by atoms with E-state index in [0.717, 1.165) is 19.3 Å². The van der Waals surface area contributed by atoms with Crippen LogP contribution in [0.25, 0.3) is 0 Å². The van der Waals surface area contributed by atoms with E-state index < -0.39 is 15.9 Å². The highest BCUT2D eigenvalue weighted by Crippen LogP contribution is 2.28. The van der Waals surface area contributed by atoms with Gasteiger partial charge in [-0.2, -0.15) is 4.31 Å². The molecule has 0 N–H and O–H groups in total. The second kappa shape index (κ2) is 8.37. The minimum Gasteiger partial charge on any atom is -0.347 e. The van der Waals surface area contributed by atoms with Crippen molar-refractivity contribution in [3.8, 4) is 0 Å². The lowest BCUT2D eigenvalue weighted by Gasteiger charge is -2.26. The van der Waals surface area contributed by atoms with Gasteiger partial charge in [-0.3, -0.25) is 9.59 Å². The van der Waals surface area contributed by atoms with Crippen molar-refractivity contribution in [3.05, 3.63) is 28.8 Å². The van der Waals surface area contributed by atoms with Crippen LogP contribution >= 0.6 is 11.6 Å². The Kier molecular flexibility index (Phi) is 6.65. The van der Waals surface area contributed by atoms with Crippen molar-refractivity contribution in [1.29, 1.82) is 0 Å². The molecule has 7 nitrogen and oxygen atoms in total. The first-order valence-corrected chi connectivity index (χ1v) is 10.2. The molecule has 144 valence electrons. The molecule has 1 aliphatic heterocycles. The number of rotatable bonds is 5. The van der Waals surface area contributed by atoms with Gasteiger partial charge in [0.25, 0.3) is 5.91 Å². The maximum absolute atomic E-state index is 12.9. The fourth-order valence-electron chi connectivity index (χ4n) is 2.71. The van der Waals surface area contributed by atoms with Crippen LogP contribution in [0.2, 0.25) is 5.02 Å². The van der Waals surface area contributed by atoms with Crippen LogP contribution in [0.5, 0.6) is 0 Å². The number of hydrogen-bond donors (Lipinski definition) is 0. The lowest BCUT2D eigenvalue weighted by atomic mass is 10.2. The number of sulfonamides is 1. The summed E-state index contributed by atoms with van der Waals surface area (Å²) < 4.78 is 27.2. The number of hydrogen-bond acceptors (Lipinski definition) is 4. The molecule has 9 heteroatoms. The highest BCUT2D eigenvalue weighted by molar-refractivity contribution is 7.89. The summed E-state index contributed by atoms with van der Waals surface area (Å²) in [5.74, 6) is -0.664. The third kappa shape index (κ3) is 4.55. The average Bonchev–Trinajstić information content (AvgIpc) is 2.61. The van der Waals surface area contributed by atoms with Gasteiger partial charge in [0.05, 0.1) is 11.6 Å². The summed E-state index contributed by atoms with van der Waals surface area (Å²) in [4.78, 5) is 26.9. The number of halogens is 1. The minimum atomic E-state index is -3.76. The van der Waals surface area contributed by atoms with Crippen LogP contribution < -0.4 is 0 Å². The quantitative estimate of drug-likeness (QED) is 0.751. The number of carbonyl (C=O) groups is 2. The molecule has 1 saturated heterocycles. The van der Waals surface area contributed by atoms with Crippen molar-refractivity contribution in [2.45, 2.75) is 24.2 Å². The van der Waals surface area contributed by atoms with Gasteiger partial charge in [0.2, 0.25) is 15.9 Å². The second-order valence-corrected chi connectivity index (χ2v) is 8.87. The Balaban J connectivity index is 2.29. The lowest BCUT2D eigenvalue weighted by molar-refractivity contribution is -0.129. The molecule has 2 rings (SSSR count). The van der Waals surface area contributed by atoms with Gasteiger partial charge in [-0.1, -0.05) is 18.0 Å². The summed E-state index contributed by atoms with van der Waals surface area (Å²) in [5, 5.41) is 0.0825. The summed E-state index contributed by atoms with van der Waals surface area (Å²) in [7, 11) is 0.949. The molecule has 0 aliphatic carbocycles. The van der Waals surface area contributed by atoms with Crippen LogP contribution in [0.3, 0.4) is 0 Å². The highest BCUT2D eigenvalue weighted by Gasteiger charge is 2.29. The predicted molar refractivity (Wildman–Crippen MR) is 99.7 cm³/mol. The van der Waals surface area contributed by atoms with Crippen LogP contribution in [0.1, 0.15) is 29.6 Å². The Morgan fingerprint density at radius 1 is 1.12 bits per heavy atom. The molecule has 0 aromatic heterocycles. The molecular formula is C17H24ClN3O4S. The topological polar surface area (TPSA) is 78.0 Å². The molecule has 1 heterocycles. The maximum atomic E-state index is 12.9. The molecule has 0 bridgehead atoms. The predicted octanol–water partition coefficient (Wildman–Crippen LogP) is 1.67. The van der Waals surface area contributed by atoms with Gasteiger partial charge >= 0.3 is 0 Å². The Morgan fingerprint density at radius 3 is 2.31 bits per heavy atom. The van der Waals surface area contributed by atoms with Gasteiger partial charge in [0.15, 0.2) is 0 Å². The van der Waals surface area contributed by atoms with E-state index in [1.54, 1.807) is 14.1 Å². The molecule has 2 amide bonds. The molecule has 1 fully saturated rings. The average molecular weight is 402 g/mol. The standard InChI is InChI=1S/C17H24ClN3O4S/c1-19(2)16(22)12-20(3)17(23)13-7-8-14(18)15(11-13)26(24,25)21-9-5-4-6-10-21/h7-8,11H,4-6,9-10,12H2,1-3H3. The van der Waals surface area contributed by atoms with Crippen molar-refractivity contribution in [3.63, 3.8) is 0 Å². The maximum Gasteiger partial charge on any atom is 0.254 e. The number of benzene rings is 1. The Hall–Kier alpha value is -1.64. The summed E-state index contributed by atoms with van der Waals surface area (Å²) in [6.07, 6.45) is 2.62. The van der Waals surface area contributed by atoms with Crippen LogP contribution in [0.15, 0.2) is 23.1 Å². The fraction of sp³-hybridized carbons (Fsp3) is 0.529. The van der Waals surface area contributed by atoms with Gasteiger partial charge in [0, 0.05) is 39.8 Å². The SMILES string of the molecule is CN(C)C(=O)CN(C)C(=O)c1ccc(Cl)c(S(=O)(=O)N2CCCCC2)c1. The normalized spacial score (nSPS) is 15.5. The monoisotopic (exact) mass is 401 g/mol. The molecule has 0 unspecified atom stereocenters. The Labute approximate surface area is 159 Å². The number of amides is 2. The number of likely N-dealkylation sites (N-methyl/N-ethyl adjacent to an activating group) is 2. The third-order valence-corrected chi connectivity index (χ3v) is 6.71. The molecule has 1 aliphatic rings. The van der Waals surface area contributed by atoms with Gasteiger partial charge in [-0.25, -0.2) is 8.42 Å². The van der Waals surface area contributed by atoms with E-state index in [0.29, 0.717) is 13.1 Å². The molecule has 26 heavy (non-hydrogen) atoms. The van der Waals surface area contributed by atoms with Gasteiger partial charge in [-0.15, -0.1) is 0 Å². The molecule has 1 aromatic rings. The Bertz CT molecular complexity index is 789. The molecule has 0 atom stereocenters. The van der Waals surface area contributed by atoms with Gasteiger partial charge < -0.3 is 9.80 Å². The first kappa shape index (κ1) is 20.7. The smallest absolute Gasteiger partial charge is 0.254 e. The minimum absolute atomic E-state index is 0.0701.